The van der Waals surface area contributed by atoms with Crippen molar-refractivity contribution in [1.82, 2.24) is 0 Å². The smallest absolute Gasteiger partial charge is 0.120 e. The van der Waals surface area contributed by atoms with Crippen LogP contribution >= 0.6 is 24.0 Å². The molecule has 78 valence electrons. The Kier molecular flexibility index (Phi) is 3.65. The van der Waals surface area contributed by atoms with Gasteiger partial charge in [0.25, 0.3) is 0 Å². The third-order valence-corrected chi connectivity index (χ3v) is 2.71. The molecule has 1 aliphatic carbocycles. The van der Waals surface area contributed by atoms with Crippen LogP contribution in [0.15, 0.2) is 18.2 Å². The predicted octanol–water partition coefficient (Wildman–Crippen LogP) is 2.88. The maximum absolute atomic E-state index is 9.54. The van der Waals surface area contributed by atoms with Crippen molar-refractivity contribution in [2.24, 2.45) is 11.7 Å². The molecule has 0 saturated heterocycles. The Morgan fingerprint density at radius 1 is 1.43 bits per heavy atom. The van der Waals surface area contributed by atoms with Crippen LogP contribution in [0, 0.1) is 5.92 Å². The van der Waals surface area contributed by atoms with E-state index in [1.807, 2.05) is 0 Å². The number of benzene rings is 1. The molecule has 14 heavy (non-hydrogen) atoms. The first kappa shape index (κ1) is 11.6. The molecule has 1 aliphatic rings. The van der Waals surface area contributed by atoms with Gasteiger partial charge in [-0.2, -0.15) is 0 Å². The predicted molar refractivity (Wildman–Crippen MR) is 60.0 cm³/mol. The average Bonchev–Trinajstić information content (AvgIpc) is 2.91. The summed E-state index contributed by atoms with van der Waals surface area (Å²) in [4.78, 5) is 0. The molecular weight excluding hydrogens is 221 g/mol. The Morgan fingerprint density at radius 3 is 2.64 bits per heavy atom. The summed E-state index contributed by atoms with van der Waals surface area (Å²) in [6.45, 7) is 0. The van der Waals surface area contributed by atoms with Crippen LogP contribution in [-0.4, -0.2) is 5.11 Å². The molecule has 0 bridgehead atoms. The van der Waals surface area contributed by atoms with Gasteiger partial charge in [0.2, 0.25) is 0 Å². The highest BCUT2D eigenvalue weighted by Gasteiger charge is 2.30. The highest BCUT2D eigenvalue weighted by Crippen LogP contribution is 2.42. The number of aromatic hydroxyl groups is 1. The summed E-state index contributed by atoms with van der Waals surface area (Å²) in [6.07, 6.45) is 2.32. The van der Waals surface area contributed by atoms with Gasteiger partial charge in [-0.25, -0.2) is 0 Å². The van der Waals surface area contributed by atoms with Crippen molar-refractivity contribution in [3.05, 3.63) is 28.8 Å². The molecule has 0 aromatic heterocycles. The van der Waals surface area contributed by atoms with E-state index in [2.05, 4.69) is 0 Å². The molecular formula is C10H13Cl2NO. The summed E-state index contributed by atoms with van der Waals surface area (Å²) in [5, 5.41) is 10.2. The van der Waals surface area contributed by atoms with Crippen molar-refractivity contribution in [3.8, 4) is 5.75 Å². The van der Waals surface area contributed by atoms with Crippen molar-refractivity contribution >= 4 is 24.0 Å². The van der Waals surface area contributed by atoms with Crippen LogP contribution in [0.4, 0.5) is 0 Å². The molecule has 0 spiro atoms. The summed E-state index contributed by atoms with van der Waals surface area (Å²) >= 11 is 5.82. The van der Waals surface area contributed by atoms with Crippen LogP contribution in [0.25, 0.3) is 0 Å². The third kappa shape index (κ3) is 2.32. The fraction of sp³-hybridized carbons (Fsp3) is 0.400. The topological polar surface area (TPSA) is 46.2 Å². The van der Waals surface area contributed by atoms with E-state index in [0.29, 0.717) is 10.9 Å². The Bertz CT molecular complexity index is 326. The maximum Gasteiger partial charge on any atom is 0.120 e. The minimum Gasteiger partial charge on any atom is -0.508 e. The lowest BCUT2D eigenvalue weighted by molar-refractivity contribution is 0.456. The van der Waals surface area contributed by atoms with Crippen LogP contribution < -0.4 is 5.73 Å². The summed E-state index contributed by atoms with van der Waals surface area (Å²) in [6, 6.07) is 4.96. The second kappa shape index (κ2) is 4.39. The quantitative estimate of drug-likeness (QED) is 0.826. The second-order valence-electron chi connectivity index (χ2n) is 3.57. The molecule has 1 aromatic rings. The minimum absolute atomic E-state index is 0. The Balaban J connectivity index is 0.000000980. The lowest BCUT2D eigenvalue weighted by atomic mass is 10.0. The van der Waals surface area contributed by atoms with Crippen molar-refractivity contribution < 1.29 is 5.11 Å². The fourth-order valence-corrected chi connectivity index (χ4v) is 1.68. The molecule has 0 unspecified atom stereocenters. The van der Waals surface area contributed by atoms with Gasteiger partial charge in [0.1, 0.15) is 5.75 Å². The standard InChI is InChI=1S/C10H12ClNO.ClH/c11-7-3-4-9(13)8(5-7)10(12)6-1-2-6;/h3-6,10,13H,1-2,12H2;1H/t10-;/m1./s1. The Hall–Kier alpha value is -0.440. The van der Waals surface area contributed by atoms with E-state index in [1.54, 1.807) is 18.2 Å². The molecule has 2 rings (SSSR count). The van der Waals surface area contributed by atoms with Gasteiger partial charge in [-0.1, -0.05) is 11.6 Å². The molecule has 1 fully saturated rings. The number of hydrogen-bond donors (Lipinski definition) is 2. The number of phenolic OH excluding ortho intramolecular Hbond substituents is 1. The summed E-state index contributed by atoms with van der Waals surface area (Å²) < 4.78 is 0. The Labute approximate surface area is 94.5 Å². The van der Waals surface area contributed by atoms with E-state index in [-0.39, 0.29) is 24.2 Å². The van der Waals surface area contributed by atoms with Crippen molar-refractivity contribution in [2.45, 2.75) is 18.9 Å². The molecule has 0 aliphatic heterocycles. The monoisotopic (exact) mass is 233 g/mol. The maximum atomic E-state index is 9.54. The number of halogens is 2. The summed E-state index contributed by atoms with van der Waals surface area (Å²) in [5.41, 5.74) is 6.72. The number of nitrogens with two attached hydrogens (primary N) is 1. The van der Waals surface area contributed by atoms with Crippen molar-refractivity contribution in [1.29, 1.82) is 0 Å². The number of hydrogen-bond acceptors (Lipinski definition) is 2. The summed E-state index contributed by atoms with van der Waals surface area (Å²) in [7, 11) is 0. The van der Waals surface area contributed by atoms with Crippen LogP contribution in [0.3, 0.4) is 0 Å². The zero-order chi connectivity index (χ0) is 9.42. The average molecular weight is 234 g/mol. The van der Waals surface area contributed by atoms with Gasteiger partial charge in [0.15, 0.2) is 0 Å². The van der Waals surface area contributed by atoms with E-state index >= 15 is 0 Å². The highest BCUT2D eigenvalue weighted by molar-refractivity contribution is 6.30. The molecule has 2 nitrogen and oxygen atoms in total. The second-order valence-corrected chi connectivity index (χ2v) is 4.00. The van der Waals surface area contributed by atoms with Crippen molar-refractivity contribution in [3.63, 3.8) is 0 Å². The van der Waals surface area contributed by atoms with Crippen LogP contribution in [0.5, 0.6) is 5.75 Å². The van der Waals surface area contributed by atoms with Crippen LogP contribution in [0.1, 0.15) is 24.4 Å². The molecule has 1 aromatic carbocycles. The normalized spacial score (nSPS) is 17.3. The molecule has 4 heteroatoms. The van der Waals surface area contributed by atoms with E-state index in [9.17, 15) is 5.11 Å². The lowest BCUT2D eigenvalue weighted by Crippen LogP contribution is -2.12. The molecule has 1 saturated carbocycles. The molecule has 0 amide bonds. The van der Waals surface area contributed by atoms with Crippen molar-refractivity contribution in [2.75, 3.05) is 0 Å². The first-order valence-electron chi connectivity index (χ1n) is 4.42. The highest BCUT2D eigenvalue weighted by atomic mass is 35.5. The van der Waals surface area contributed by atoms with E-state index in [4.69, 9.17) is 17.3 Å². The first-order chi connectivity index (χ1) is 6.18. The summed E-state index contributed by atoms with van der Waals surface area (Å²) in [5.74, 6) is 0.785. The largest absolute Gasteiger partial charge is 0.508 e. The molecule has 1 atom stereocenters. The zero-order valence-corrected chi connectivity index (χ0v) is 9.18. The number of phenols is 1. The zero-order valence-electron chi connectivity index (χ0n) is 7.61. The SMILES string of the molecule is Cl.N[C@@H](c1cc(Cl)ccc1O)C1CC1. The Morgan fingerprint density at radius 2 is 2.07 bits per heavy atom. The molecule has 0 radical (unpaired) electrons. The van der Waals surface area contributed by atoms with Crippen LogP contribution in [-0.2, 0) is 0 Å². The van der Waals surface area contributed by atoms with Crippen LogP contribution in [0.2, 0.25) is 5.02 Å². The minimum atomic E-state index is -0.0568. The third-order valence-electron chi connectivity index (χ3n) is 2.48. The molecule has 0 heterocycles. The van der Waals surface area contributed by atoms with E-state index in [1.165, 1.54) is 0 Å². The fourth-order valence-electron chi connectivity index (χ4n) is 1.50. The van der Waals surface area contributed by atoms with Gasteiger partial charge in [-0.15, -0.1) is 12.4 Å². The molecule has 3 N–H and O–H groups in total. The van der Waals surface area contributed by atoms with E-state index < -0.39 is 0 Å². The van der Waals surface area contributed by atoms with E-state index in [0.717, 1.165) is 18.4 Å². The van der Waals surface area contributed by atoms with Gasteiger partial charge in [0.05, 0.1) is 0 Å². The first-order valence-corrected chi connectivity index (χ1v) is 4.80. The van der Waals surface area contributed by atoms with Gasteiger partial charge in [-0.3, -0.25) is 0 Å². The number of rotatable bonds is 2. The van der Waals surface area contributed by atoms with Gasteiger partial charge >= 0.3 is 0 Å². The lowest BCUT2D eigenvalue weighted by Gasteiger charge is -2.12. The van der Waals surface area contributed by atoms with Gasteiger partial charge < -0.3 is 10.8 Å². The van der Waals surface area contributed by atoms with Gasteiger partial charge in [-0.05, 0) is 37.0 Å². The van der Waals surface area contributed by atoms with Gasteiger partial charge in [0, 0.05) is 16.6 Å².